The van der Waals surface area contributed by atoms with E-state index in [9.17, 15) is 17.2 Å². The Bertz CT molecular complexity index is 685. The molecular formula is C11H10F2N2O2S2. The van der Waals surface area contributed by atoms with E-state index in [-0.39, 0.29) is 12.1 Å². The highest BCUT2D eigenvalue weighted by atomic mass is 32.2. The average Bonchev–Trinajstić information content (AvgIpc) is 2.84. The molecule has 0 atom stereocenters. The number of thiophene rings is 1. The third-order valence-corrected chi connectivity index (χ3v) is 4.42. The first-order chi connectivity index (χ1) is 8.94. The van der Waals surface area contributed by atoms with Crippen LogP contribution in [-0.4, -0.2) is 8.42 Å². The lowest BCUT2D eigenvalue weighted by Crippen LogP contribution is -2.16. The average molecular weight is 304 g/mol. The number of hydrogen-bond donors (Lipinski definition) is 2. The summed E-state index contributed by atoms with van der Waals surface area (Å²) in [6, 6.07) is 3.41. The highest BCUT2D eigenvalue weighted by Gasteiger charge is 2.23. The van der Waals surface area contributed by atoms with Crippen molar-refractivity contribution < 1.29 is 17.2 Å². The first-order valence-electron chi connectivity index (χ1n) is 5.17. The maximum absolute atomic E-state index is 13.6. The Kier molecular flexibility index (Phi) is 3.83. The van der Waals surface area contributed by atoms with E-state index in [0.717, 1.165) is 12.1 Å². The Morgan fingerprint density at radius 3 is 2.63 bits per heavy atom. The minimum Gasteiger partial charge on any atom is -0.326 e. The molecular weight excluding hydrogens is 294 g/mol. The van der Waals surface area contributed by atoms with Crippen molar-refractivity contribution in [2.24, 2.45) is 5.73 Å². The number of anilines is 1. The van der Waals surface area contributed by atoms with Crippen LogP contribution in [-0.2, 0) is 16.6 Å². The maximum Gasteiger partial charge on any atom is 0.264 e. The Labute approximate surface area is 112 Å². The second kappa shape index (κ2) is 5.24. The predicted octanol–water partition coefficient (Wildman–Crippen LogP) is 2.29. The molecule has 1 aromatic heterocycles. The van der Waals surface area contributed by atoms with Crippen LogP contribution in [0.25, 0.3) is 0 Å². The van der Waals surface area contributed by atoms with E-state index in [2.05, 4.69) is 4.72 Å². The van der Waals surface area contributed by atoms with Gasteiger partial charge in [-0.3, -0.25) is 4.72 Å². The Morgan fingerprint density at radius 2 is 2.05 bits per heavy atom. The van der Waals surface area contributed by atoms with Crippen molar-refractivity contribution in [1.29, 1.82) is 0 Å². The molecule has 2 rings (SSSR count). The first-order valence-corrected chi connectivity index (χ1v) is 7.59. The SMILES string of the molecule is NCc1cc(F)c(F)c(S(=O)(=O)Nc2ccsc2)c1. The normalized spacial score (nSPS) is 11.5. The molecule has 0 amide bonds. The van der Waals surface area contributed by atoms with Crippen LogP contribution in [0.1, 0.15) is 5.56 Å². The Morgan fingerprint density at radius 1 is 1.32 bits per heavy atom. The summed E-state index contributed by atoms with van der Waals surface area (Å²) in [7, 11) is -4.18. The van der Waals surface area contributed by atoms with Gasteiger partial charge >= 0.3 is 0 Å². The fourth-order valence-corrected chi connectivity index (χ4v) is 3.31. The van der Waals surface area contributed by atoms with Gasteiger partial charge in [-0.1, -0.05) is 0 Å². The third-order valence-electron chi connectivity index (χ3n) is 2.35. The molecule has 0 saturated heterocycles. The van der Waals surface area contributed by atoms with Crippen LogP contribution in [0.2, 0.25) is 0 Å². The van der Waals surface area contributed by atoms with E-state index in [1.165, 1.54) is 17.4 Å². The van der Waals surface area contributed by atoms with Gasteiger partial charge < -0.3 is 5.73 Å². The van der Waals surface area contributed by atoms with Crippen molar-refractivity contribution in [2.45, 2.75) is 11.4 Å². The molecule has 102 valence electrons. The molecule has 1 aromatic carbocycles. The minimum atomic E-state index is -4.18. The molecule has 19 heavy (non-hydrogen) atoms. The molecule has 0 aliphatic rings. The van der Waals surface area contributed by atoms with Gasteiger partial charge in [0.05, 0.1) is 5.69 Å². The van der Waals surface area contributed by atoms with Gasteiger partial charge in [-0.25, -0.2) is 17.2 Å². The standard InChI is InChI=1S/C11H10F2N2O2S2/c12-9-3-7(5-14)4-10(11(9)13)19(16,17)15-8-1-2-18-6-8/h1-4,6,15H,5,14H2. The predicted molar refractivity (Wildman–Crippen MR) is 69.4 cm³/mol. The van der Waals surface area contributed by atoms with Crippen molar-refractivity contribution in [3.8, 4) is 0 Å². The van der Waals surface area contributed by atoms with Crippen LogP contribution < -0.4 is 10.5 Å². The second-order valence-corrected chi connectivity index (χ2v) is 6.14. The van der Waals surface area contributed by atoms with Gasteiger partial charge in [0.2, 0.25) is 0 Å². The van der Waals surface area contributed by atoms with Crippen LogP contribution in [0.4, 0.5) is 14.5 Å². The van der Waals surface area contributed by atoms with Gasteiger partial charge in [-0.2, -0.15) is 11.3 Å². The quantitative estimate of drug-likeness (QED) is 0.910. The number of nitrogens with two attached hydrogens (primary N) is 1. The number of sulfonamides is 1. The minimum absolute atomic E-state index is 0.0851. The summed E-state index contributed by atoms with van der Waals surface area (Å²) in [6.45, 7) is -0.0851. The summed E-state index contributed by atoms with van der Waals surface area (Å²) in [5.74, 6) is -2.66. The zero-order valence-corrected chi connectivity index (χ0v) is 11.2. The van der Waals surface area contributed by atoms with Crippen molar-refractivity contribution >= 4 is 27.0 Å². The van der Waals surface area contributed by atoms with Gasteiger partial charge in [0.1, 0.15) is 4.90 Å². The van der Waals surface area contributed by atoms with Crippen molar-refractivity contribution in [3.05, 3.63) is 46.2 Å². The zero-order chi connectivity index (χ0) is 14.0. The molecule has 0 radical (unpaired) electrons. The molecule has 2 aromatic rings. The molecule has 1 heterocycles. The van der Waals surface area contributed by atoms with Crippen molar-refractivity contribution in [3.63, 3.8) is 0 Å². The molecule has 0 aliphatic heterocycles. The molecule has 4 nitrogen and oxygen atoms in total. The smallest absolute Gasteiger partial charge is 0.264 e. The molecule has 0 aliphatic carbocycles. The summed E-state index contributed by atoms with van der Waals surface area (Å²) in [6.07, 6.45) is 0. The van der Waals surface area contributed by atoms with E-state index in [1.807, 2.05) is 0 Å². The van der Waals surface area contributed by atoms with Gasteiger partial charge in [0, 0.05) is 11.9 Å². The largest absolute Gasteiger partial charge is 0.326 e. The molecule has 0 unspecified atom stereocenters. The Hall–Kier alpha value is -1.51. The highest BCUT2D eigenvalue weighted by Crippen LogP contribution is 2.23. The summed E-state index contributed by atoms with van der Waals surface area (Å²) >= 11 is 1.28. The van der Waals surface area contributed by atoms with Crippen LogP contribution in [0.15, 0.2) is 33.9 Å². The van der Waals surface area contributed by atoms with Gasteiger partial charge in [-0.15, -0.1) is 0 Å². The van der Waals surface area contributed by atoms with E-state index in [0.29, 0.717) is 5.69 Å². The van der Waals surface area contributed by atoms with Crippen LogP contribution in [0, 0.1) is 11.6 Å². The fourth-order valence-electron chi connectivity index (χ4n) is 1.46. The summed E-state index contributed by atoms with van der Waals surface area (Å²) in [5, 5.41) is 3.20. The molecule has 0 fully saturated rings. The number of hydrogen-bond acceptors (Lipinski definition) is 4. The molecule has 8 heteroatoms. The number of halogens is 2. The van der Waals surface area contributed by atoms with E-state index >= 15 is 0 Å². The lowest BCUT2D eigenvalue weighted by molar-refractivity contribution is 0.483. The van der Waals surface area contributed by atoms with E-state index in [4.69, 9.17) is 5.73 Å². The number of rotatable bonds is 4. The lowest BCUT2D eigenvalue weighted by Gasteiger charge is -2.09. The van der Waals surface area contributed by atoms with Crippen LogP contribution in [0.3, 0.4) is 0 Å². The first kappa shape index (κ1) is 13.9. The maximum atomic E-state index is 13.6. The second-order valence-electron chi connectivity index (χ2n) is 3.71. The lowest BCUT2D eigenvalue weighted by atomic mass is 10.2. The highest BCUT2D eigenvalue weighted by molar-refractivity contribution is 7.92. The van der Waals surface area contributed by atoms with Gasteiger partial charge in [-0.05, 0) is 29.1 Å². The summed E-state index contributed by atoms with van der Waals surface area (Å²) in [5.41, 5.74) is 5.81. The monoisotopic (exact) mass is 304 g/mol. The third kappa shape index (κ3) is 2.91. The van der Waals surface area contributed by atoms with Gasteiger partial charge in [0.15, 0.2) is 11.6 Å². The number of benzene rings is 1. The fraction of sp³-hybridized carbons (Fsp3) is 0.0909. The van der Waals surface area contributed by atoms with E-state index in [1.54, 1.807) is 10.8 Å². The van der Waals surface area contributed by atoms with Crippen LogP contribution in [0.5, 0.6) is 0 Å². The zero-order valence-electron chi connectivity index (χ0n) is 9.56. The summed E-state index contributed by atoms with van der Waals surface area (Å²) < 4.78 is 53.1. The summed E-state index contributed by atoms with van der Waals surface area (Å²) in [4.78, 5) is -0.751. The topological polar surface area (TPSA) is 72.2 Å². The van der Waals surface area contributed by atoms with Crippen molar-refractivity contribution in [2.75, 3.05) is 4.72 Å². The van der Waals surface area contributed by atoms with Gasteiger partial charge in [0.25, 0.3) is 10.0 Å². The number of nitrogens with one attached hydrogen (secondary N) is 1. The Balaban J connectivity index is 2.48. The van der Waals surface area contributed by atoms with E-state index < -0.39 is 26.6 Å². The van der Waals surface area contributed by atoms with Crippen molar-refractivity contribution in [1.82, 2.24) is 0 Å². The molecule has 3 N–H and O–H groups in total. The molecule has 0 spiro atoms. The molecule has 0 saturated carbocycles. The van der Waals surface area contributed by atoms with Crippen LogP contribution >= 0.6 is 11.3 Å². The molecule has 0 bridgehead atoms.